The molecule has 1 heterocycles. The molecule has 14 heavy (non-hydrogen) atoms. The highest BCUT2D eigenvalue weighted by Crippen LogP contribution is 2.15. The minimum atomic E-state index is -3.07. The van der Waals surface area contributed by atoms with Crippen LogP contribution in [0, 0.1) is 0 Å². The Hall–Kier alpha value is -0.170. The Labute approximate surface area is 85.5 Å². The van der Waals surface area contributed by atoms with Gasteiger partial charge in [-0.15, -0.1) is 0 Å². The first-order chi connectivity index (χ1) is 6.60. The first kappa shape index (κ1) is 11.9. The van der Waals surface area contributed by atoms with Crippen molar-refractivity contribution in [3.05, 3.63) is 0 Å². The molecule has 1 atom stereocenters. The third-order valence-corrected chi connectivity index (χ3v) is 4.28. The SMILES string of the molecule is CNCCS(=O)(=O)N1CCC(OC)C1. The third-order valence-electron chi connectivity index (χ3n) is 2.44. The molecule has 0 aliphatic carbocycles. The van der Waals surface area contributed by atoms with Gasteiger partial charge in [-0.05, 0) is 13.5 Å². The summed E-state index contributed by atoms with van der Waals surface area (Å²) in [6.07, 6.45) is 0.870. The quantitative estimate of drug-likeness (QED) is 0.665. The highest BCUT2D eigenvalue weighted by molar-refractivity contribution is 7.89. The van der Waals surface area contributed by atoms with Crippen LogP contribution in [0.4, 0.5) is 0 Å². The van der Waals surface area contributed by atoms with Gasteiger partial charge in [0, 0.05) is 26.7 Å². The van der Waals surface area contributed by atoms with E-state index in [4.69, 9.17) is 4.74 Å². The number of hydrogen-bond acceptors (Lipinski definition) is 4. The maximum Gasteiger partial charge on any atom is 0.215 e. The fourth-order valence-electron chi connectivity index (χ4n) is 1.50. The molecule has 1 fully saturated rings. The number of hydrogen-bond donors (Lipinski definition) is 1. The Morgan fingerprint density at radius 3 is 2.79 bits per heavy atom. The van der Waals surface area contributed by atoms with E-state index in [-0.39, 0.29) is 11.9 Å². The molecule has 1 rings (SSSR count). The molecular weight excluding hydrogens is 204 g/mol. The predicted molar refractivity (Wildman–Crippen MR) is 54.7 cm³/mol. The van der Waals surface area contributed by atoms with Crippen molar-refractivity contribution in [1.29, 1.82) is 0 Å². The second-order valence-electron chi connectivity index (χ2n) is 3.42. The lowest BCUT2D eigenvalue weighted by Crippen LogP contribution is -2.34. The molecule has 0 bridgehead atoms. The summed E-state index contributed by atoms with van der Waals surface area (Å²) in [4.78, 5) is 0. The summed E-state index contributed by atoms with van der Waals surface area (Å²) < 4.78 is 30.0. The summed E-state index contributed by atoms with van der Waals surface area (Å²) in [5.74, 6) is 0.167. The smallest absolute Gasteiger partial charge is 0.215 e. The van der Waals surface area contributed by atoms with Gasteiger partial charge in [0.2, 0.25) is 10.0 Å². The zero-order chi connectivity index (χ0) is 10.6. The van der Waals surface area contributed by atoms with Gasteiger partial charge in [-0.3, -0.25) is 0 Å². The van der Waals surface area contributed by atoms with Crippen LogP contribution in [0.3, 0.4) is 0 Å². The van der Waals surface area contributed by atoms with Crippen LogP contribution in [0.1, 0.15) is 6.42 Å². The van der Waals surface area contributed by atoms with Crippen LogP contribution in [0.5, 0.6) is 0 Å². The fraction of sp³-hybridized carbons (Fsp3) is 1.00. The highest BCUT2D eigenvalue weighted by Gasteiger charge is 2.30. The number of nitrogens with one attached hydrogen (secondary N) is 1. The zero-order valence-corrected chi connectivity index (χ0v) is 9.51. The molecule has 1 aliphatic rings. The van der Waals surface area contributed by atoms with Crippen molar-refractivity contribution in [2.24, 2.45) is 0 Å². The normalized spacial score (nSPS) is 24.3. The van der Waals surface area contributed by atoms with Gasteiger partial charge in [-0.2, -0.15) is 4.31 Å². The zero-order valence-electron chi connectivity index (χ0n) is 8.69. The highest BCUT2D eigenvalue weighted by atomic mass is 32.2. The molecule has 84 valence electrons. The van der Waals surface area contributed by atoms with E-state index in [2.05, 4.69) is 5.32 Å². The van der Waals surface area contributed by atoms with Gasteiger partial charge in [-0.25, -0.2) is 8.42 Å². The summed E-state index contributed by atoms with van der Waals surface area (Å²) >= 11 is 0. The molecule has 1 unspecified atom stereocenters. The molecule has 1 N–H and O–H groups in total. The maximum atomic E-state index is 11.7. The van der Waals surface area contributed by atoms with E-state index in [0.717, 1.165) is 6.42 Å². The Kier molecular flexibility index (Phi) is 4.31. The summed E-state index contributed by atoms with van der Waals surface area (Å²) in [5, 5.41) is 2.84. The van der Waals surface area contributed by atoms with Crippen LogP contribution in [0.2, 0.25) is 0 Å². The Balaban J connectivity index is 2.49. The van der Waals surface area contributed by atoms with Crippen LogP contribution in [-0.2, 0) is 14.8 Å². The molecule has 1 saturated heterocycles. The molecular formula is C8H18N2O3S. The molecule has 5 nitrogen and oxygen atoms in total. The van der Waals surface area contributed by atoms with Crippen molar-refractivity contribution >= 4 is 10.0 Å². The van der Waals surface area contributed by atoms with E-state index in [1.165, 1.54) is 4.31 Å². The van der Waals surface area contributed by atoms with Crippen LogP contribution >= 0.6 is 0 Å². The van der Waals surface area contributed by atoms with Gasteiger partial charge >= 0.3 is 0 Å². The maximum absolute atomic E-state index is 11.7. The molecule has 0 aromatic carbocycles. The van der Waals surface area contributed by atoms with E-state index in [9.17, 15) is 8.42 Å². The van der Waals surface area contributed by atoms with E-state index >= 15 is 0 Å². The van der Waals surface area contributed by atoms with E-state index in [1.807, 2.05) is 0 Å². The summed E-state index contributed by atoms with van der Waals surface area (Å²) in [6, 6.07) is 0. The minimum Gasteiger partial charge on any atom is -0.380 e. The second-order valence-corrected chi connectivity index (χ2v) is 5.51. The Bertz CT molecular complexity index is 266. The number of nitrogens with zero attached hydrogens (tertiary/aromatic N) is 1. The molecule has 0 spiro atoms. The second kappa shape index (κ2) is 5.06. The number of sulfonamides is 1. The molecule has 0 aromatic rings. The predicted octanol–water partition coefficient (Wildman–Crippen LogP) is -0.744. The Morgan fingerprint density at radius 1 is 1.57 bits per heavy atom. The van der Waals surface area contributed by atoms with E-state index in [0.29, 0.717) is 19.6 Å². The number of methoxy groups -OCH3 is 1. The van der Waals surface area contributed by atoms with Crippen molar-refractivity contribution in [3.8, 4) is 0 Å². The third kappa shape index (κ3) is 2.91. The van der Waals surface area contributed by atoms with Gasteiger partial charge in [0.1, 0.15) is 0 Å². The lowest BCUT2D eigenvalue weighted by Gasteiger charge is -2.15. The first-order valence-electron chi connectivity index (χ1n) is 4.75. The summed E-state index contributed by atoms with van der Waals surface area (Å²) in [6.45, 7) is 1.59. The molecule has 0 aromatic heterocycles. The average molecular weight is 222 g/mol. The van der Waals surface area contributed by atoms with Crippen LogP contribution < -0.4 is 5.32 Å². The molecule has 0 saturated carbocycles. The lowest BCUT2D eigenvalue weighted by molar-refractivity contribution is 0.115. The van der Waals surface area contributed by atoms with E-state index in [1.54, 1.807) is 14.2 Å². The Morgan fingerprint density at radius 2 is 2.29 bits per heavy atom. The molecule has 0 amide bonds. The van der Waals surface area contributed by atoms with Gasteiger partial charge in [0.25, 0.3) is 0 Å². The first-order valence-corrected chi connectivity index (χ1v) is 6.36. The standard InChI is InChI=1S/C8H18N2O3S/c1-9-4-6-14(11,12)10-5-3-8(7-10)13-2/h8-9H,3-7H2,1-2H3. The van der Waals surface area contributed by atoms with Crippen molar-refractivity contribution in [2.75, 3.05) is 39.5 Å². The van der Waals surface area contributed by atoms with Gasteiger partial charge in [0.15, 0.2) is 0 Å². The van der Waals surface area contributed by atoms with Gasteiger partial charge < -0.3 is 10.1 Å². The number of ether oxygens (including phenoxy) is 1. The van der Waals surface area contributed by atoms with Crippen molar-refractivity contribution in [2.45, 2.75) is 12.5 Å². The van der Waals surface area contributed by atoms with Crippen molar-refractivity contribution in [3.63, 3.8) is 0 Å². The molecule has 0 radical (unpaired) electrons. The lowest BCUT2D eigenvalue weighted by atomic mass is 10.3. The largest absolute Gasteiger partial charge is 0.380 e. The van der Waals surface area contributed by atoms with Crippen LogP contribution in [0.25, 0.3) is 0 Å². The summed E-state index contributed by atoms with van der Waals surface area (Å²) in [7, 11) is 0.293. The summed E-state index contributed by atoms with van der Waals surface area (Å²) in [5.41, 5.74) is 0. The number of rotatable bonds is 5. The van der Waals surface area contributed by atoms with Gasteiger partial charge in [0.05, 0.1) is 11.9 Å². The average Bonchev–Trinajstić information content (AvgIpc) is 2.63. The topological polar surface area (TPSA) is 58.6 Å². The van der Waals surface area contributed by atoms with Crippen molar-refractivity contribution < 1.29 is 13.2 Å². The van der Waals surface area contributed by atoms with Gasteiger partial charge in [-0.1, -0.05) is 0 Å². The molecule has 6 heteroatoms. The van der Waals surface area contributed by atoms with Crippen molar-refractivity contribution in [1.82, 2.24) is 9.62 Å². The fourth-order valence-corrected chi connectivity index (χ4v) is 3.00. The minimum absolute atomic E-state index is 0.0689. The van der Waals surface area contributed by atoms with Crippen LogP contribution in [0.15, 0.2) is 0 Å². The molecule has 1 aliphatic heterocycles. The monoisotopic (exact) mass is 222 g/mol. The van der Waals surface area contributed by atoms with E-state index < -0.39 is 10.0 Å². The van der Waals surface area contributed by atoms with Crippen LogP contribution in [-0.4, -0.2) is 58.4 Å².